The monoisotopic (exact) mass is 549 g/mol. The van der Waals surface area contributed by atoms with Crippen molar-refractivity contribution < 1.29 is 0 Å². The summed E-state index contributed by atoms with van der Waals surface area (Å²) in [4.78, 5) is 12.4. The van der Waals surface area contributed by atoms with Crippen LogP contribution in [0.3, 0.4) is 0 Å². The van der Waals surface area contributed by atoms with E-state index < -0.39 is 0 Å². The summed E-state index contributed by atoms with van der Waals surface area (Å²) < 4.78 is 1.12. The number of nitrogens with zero attached hydrogens (tertiary/aromatic N) is 3. The fraction of sp³-hybridized carbons (Fsp3) is 0.444. The number of aromatic nitrogens is 1. The maximum absolute atomic E-state index is 4.37. The van der Waals surface area contributed by atoms with Gasteiger partial charge in [-0.3, -0.25) is 4.99 Å². The second kappa shape index (κ2) is 10.5. The van der Waals surface area contributed by atoms with Gasteiger partial charge in [-0.15, -0.1) is 35.3 Å². The molecule has 1 fully saturated rings. The van der Waals surface area contributed by atoms with Crippen LogP contribution in [0.4, 0.5) is 5.69 Å². The minimum absolute atomic E-state index is 0. The van der Waals surface area contributed by atoms with Gasteiger partial charge in [0, 0.05) is 47.9 Å². The molecule has 2 aromatic rings. The van der Waals surface area contributed by atoms with Crippen LogP contribution in [0.1, 0.15) is 16.3 Å². The molecule has 3 rings (SSSR count). The molecule has 1 aliphatic heterocycles. The van der Waals surface area contributed by atoms with Crippen molar-refractivity contribution in [2.24, 2.45) is 10.9 Å². The lowest BCUT2D eigenvalue weighted by Crippen LogP contribution is -2.39. The molecule has 0 amide bonds. The van der Waals surface area contributed by atoms with Crippen molar-refractivity contribution in [1.82, 2.24) is 15.6 Å². The summed E-state index contributed by atoms with van der Waals surface area (Å²) in [6.07, 6.45) is 3.11. The van der Waals surface area contributed by atoms with Gasteiger partial charge in [-0.05, 0) is 43.5 Å². The molecule has 0 spiro atoms. The number of halogens is 2. The summed E-state index contributed by atoms with van der Waals surface area (Å²) in [7, 11) is 1.81. The van der Waals surface area contributed by atoms with Gasteiger partial charge in [-0.1, -0.05) is 15.9 Å². The molecule has 1 atom stereocenters. The Morgan fingerprint density at radius 3 is 2.77 bits per heavy atom. The molecule has 1 unspecified atom stereocenters. The van der Waals surface area contributed by atoms with Gasteiger partial charge in [0.25, 0.3) is 0 Å². The molecule has 8 heteroatoms. The molecule has 1 aromatic heterocycles. The summed E-state index contributed by atoms with van der Waals surface area (Å²) in [5.74, 6) is 1.47. The summed E-state index contributed by atoms with van der Waals surface area (Å²) in [6.45, 7) is 5.92. The summed E-state index contributed by atoms with van der Waals surface area (Å²) in [6, 6.07) is 8.56. The van der Waals surface area contributed by atoms with Crippen LogP contribution in [0, 0.1) is 12.8 Å². The molecule has 26 heavy (non-hydrogen) atoms. The van der Waals surface area contributed by atoms with E-state index in [9.17, 15) is 0 Å². The highest BCUT2D eigenvalue weighted by Crippen LogP contribution is 2.24. The van der Waals surface area contributed by atoms with Crippen LogP contribution >= 0.6 is 51.2 Å². The SMILES string of the molecule is CN=C(NCc1ncc(C)s1)NCC1CCN(c2ccc(Br)cc2)C1.I. The smallest absolute Gasteiger partial charge is 0.191 e. The topological polar surface area (TPSA) is 52.6 Å². The third kappa shape index (κ3) is 6.09. The molecule has 0 aliphatic carbocycles. The number of anilines is 1. The van der Waals surface area contributed by atoms with Crippen molar-refractivity contribution in [2.75, 3.05) is 31.6 Å². The average Bonchev–Trinajstić information content (AvgIpc) is 3.25. The molecule has 1 aromatic carbocycles. The van der Waals surface area contributed by atoms with Crippen LogP contribution in [-0.2, 0) is 6.54 Å². The Hall–Kier alpha value is -0.870. The molecule has 5 nitrogen and oxygen atoms in total. The van der Waals surface area contributed by atoms with E-state index >= 15 is 0 Å². The van der Waals surface area contributed by atoms with Crippen LogP contribution < -0.4 is 15.5 Å². The van der Waals surface area contributed by atoms with E-state index in [-0.39, 0.29) is 24.0 Å². The number of rotatable bonds is 5. The average molecular weight is 550 g/mol. The number of benzene rings is 1. The molecule has 0 saturated carbocycles. The Labute approximate surface area is 184 Å². The number of nitrogens with one attached hydrogen (secondary N) is 2. The van der Waals surface area contributed by atoms with Crippen LogP contribution in [0.15, 0.2) is 39.9 Å². The van der Waals surface area contributed by atoms with Gasteiger partial charge < -0.3 is 15.5 Å². The van der Waals surface area contributed by atoms with Gasteiger partial charge in [-0.25, -0.2) is 4.98 Å². The van der Waals surface area contributed by atoms with Crippen molar-refractivity contribution in [3.63, 3.8) is 0 Å². The second-order valence-corrected chi connectivity index (χ2v) is 8.48. The van der Waals surface area contributed by atoms with E-state index in [2.05, 4.69) is 72.6 Å². The first-order valence-electron chi connectivity index (χ1n) is 8.50. The fourth-order valence-electron chi connectivity index (χ4n) is 2.99. The minimum Gasteiger partial charge on any atom is -0.371 e. The highest BCUT2D eigenvalue weighted by Gasteiger charge is 2.22. The van der Waals surface area contributed by atoms with Crippen LogP contribution in [0.25, 0.3) is 0 Å². The van der Waals surface area contributed by atoms with Crippen LogP contribution in [0.5, 0.6) is 0 Å². The Morgan fingerprint density at radius 2 is 2.12 bits per heavy atom. The van der Waals surface area contributed by atoms with Crippen molar-refractivity contribution in [3.8, 4) is 0 Å². The number of aryl methyl sites for hydroxylation is 1. The van der Waals surface area contributed by atoms with Crippen LogP contribution in [0.2, 0.25) is 0 Å². The van der Waals surface area contributed by atoms with Crippen LogP contribution in [-0.4, -0.2) is 37.6 Å². The Kier molecular flexibility index (Phi) is 8.62. The Morgan fingerprint density at radius 1 is 1.35 bits per heavy atom. The third-order valence-corrected chi connectivity index (χ3v) is 5.78. The third-order valence-electron chi connectivity index (χ3n) is 4.34. The van der Waals surface area contributed by atoms with Crippen molar-refractivity contribution >= 4 is 62.9 Å². The Balaban J connectivity index is 0.00000243. The molecule has 142 valence electrons. The molecular weight excluding hydrogens is 525 g/mol. The summed E-state index contributed by atoms with van der Waals surface area (Å²) >= 11 is 5.21. The standard InChI is InChI=1S/C18H24BrN5S.HI/c1-13-9-21-17(25-13)11-23-18(20-2)22-10-14-7-8-24(12-14)16-5-3-15(19)4-6-16;/h3-6,9,14H,7-8,10-12H2,1-2H3,(H2,20,22,23);1H. The summed E-state index contributed by atoms with van der Waals surface area (Å²) in [5, 5.41) is 7.88. The van der Waals surface area contributed by atoms with Gasteiger partial charge in [0.15, 0.2) is 5.96 Å². The van der Waals surface area contributed by atoms with Gasteiger partial charge in [-0.2, -0.15) is 0 Å². The highest BCUT2D eigenvalue weighted by atomic mass is 127. The van der Waals surface area contributed by atoms with E-state index in [1.807, 2.05) is 13.2 Å². The van der Waals surface area contributed by atoms with E-state index in [4.69, 9.17) is 0 Å². The van der Waals surface area contributed by atoms with Crippen molar-refractivity contribution in [1.29, 1.82) is 0 Å². The molecule has 2 N–H and O–H groups in total. The lowest BCUT2D eigenvalue weighted by Gasteiger charge is -2.19. The minimum atomic E-state index is 0. The van der Waals surface area contributed by atoms with E-state index in [0.717, 1.165) is 35.1 Å². The summed E-state index contributed by atoms with van der Waals surface area (Å²) in [5.41, 5.74) is 1.30. The van der Waals surface area contributed by atoms with Gasteiger partial charge in [0.1, 0.15) is 5.01 Å². The van der Waals surface area contributed by atoms with Gasteiger partial charge in [0.05, 0.1) is 6.54 Å². The first-order chi connectivity index (χ1) is 12.1. The number of thiazole rings is 1. The molecule has 1 aliphatic rings. The zero-order valence-corrected chi connectivity index (χ0v) is 19.8. The molecule has 2 heterocycles. The molecular formula is C18H25BrIN5S. The largest absolute Gasteiger partial charge is 0.371 e. The zero-order valence-electron chi connectivity index (χ0n) is 15.0. The second-order valence-electron chi connectivity index (χ2n) is 6.25. The molecule has 1 saturated heterocycles. The zero-order chi connectivity index (χ0) is 17.6. The number of aliphatic imine (C=N–C) groups is 1. The lowest BCUT2D eigenvalue weighted by atomic mass is 10.1. The van der Waals surface area contributed by atoms with Gasteiger partial charge >= 0.3 is 0 Å². The fourth-order valence-corrected chi connectivity index (χ4v) is 3.98. The molecule has 0 bridgehead atoms. The predicted octanol–water partition coefficient (Wildman–Crippen LogP) is 4.02. The predicted molar refractivity (Wildman–Crippen MR) is 125 cm³/mol. The van der Waals surface area contributed by atoms with E-state index in [1.54, 1.807) is 11.3 Å². The number of hydrogen-bond donors (Lipinski definition) is 2. The lowest BCUT2D eigenvalue weighted by molar-refractivity contribution is 0.565. The van der Waals surface area contributed by atoms with Gasteiger partial charge in [0.2, 0.25) is 0 Å². The van der Waals surface area contributed by atoms with E-state index in [0.29, 0.717) is 12.5 Å². The first-order valence-corrected chi connectivity index (χ1v) is 10.1. The Bertz CT molecular complexity index is 719. The number of guanidine groups is 1. The first kappa shape index (κ1) is 21.4. The normalized spacial score (nSPS) is 17.1. The maximum atomic E-state index is 4.37. The molecule has 0 radical (unpaired) electrons. The number of hydrogen-bond acceptors (Lipinski definition) is 4. The maximum Gasteiger partial charge on any atom is 0.191 e. The highest BCUT2D eigenvalue weighted by molar-refractivity contribution is 14.0. The van der Waals surface area contributed by atoms with Crippen molar-refractivity contribution in [3.05, 3.63) is 44.8 Å². The quantitative estimate of drug-likeness (QED) is 0.336. The van der Waals surface area contributed by atoms with E-state index in [1.165, 1.54) is 17.0 Å². The van der Waals surface area contributed by atoms with Crippen molar-refractivity contribution in [2.45, 2.75) is 19.9 Å².